The summed E-state index contributed by atoms with van der Waals surface area (Å²) in [5, 5.41) is 10.7. The first-order valence-electron chi connectivity index (χ1n) is 9.66. The van der Waals surface area contributed by atoms with Gasteiger partial charge in [-0.3, -0.25) is 14.4 Å². The van der Waals surface area contributed by atoms with E-state index in [1.165, 1.54) is 11.3 Å². The van der Waals surface area contributed by atoms with Crippen LogP contribution in [-0.2, 0) is 6.54 Å². The van der Waals surface area contributed by atoms with Crippen molar-refractivity contribution in [2.75, 3.05) is 5.32 Å². The second-order valence-electron chi connectivity index (χ2n) is 7.13. The molecule has 0 atom stereocenters. The van der Waals surface area contributed by atoms with Crippen molar-refractivity contribution in [3.8, 4) is 0 Å². The number of rotatable bonds is 7. The number of hydrogen-bond acceptors (Lipinski definition) is 4. The number of carbonyl (C=O) groups is 3. The molecule has 160 valence electrons. The highest BCUT2D eigenvalue weighted by Gasteiger charge is 2.16. The predicted molar refractivity (Wildman–Crippen MR) is 124 cm³/mol. The van der Waals surface area contributed by atoms with Crippen molar-refractivity contribution in [3.63, 3.8) is 0 Å². The smallest absolute Gasteiger partial charge is 0.261 e. The van der Waals surface area contributed by atoms with Crippen LogP contribution in [0.15, 0.2) is 60.0 Å². The van der Waals surface area contributed by atoms with Gasteiger partial charge in [0, 0.05) is 23.2 Å². The molecule has 0 spiro atoms. The second-order valence-corrected chi connectivity index (χ2v) is 8.51. The van der Waals surface area contributed by atoms with Crippen LogP contribution in [0.4, 0.5) is 5.69 Å². The van der Waals surface area contributed by atoms with Crippen molar-refractivity contribution < 1.29 is 14.4 Å². The van der Waals surface area contributed by atoms with Crippen molar-refractivity contribution in [1.29, 1.82) is 0 Å². The normalized spacial score (nSPS) is 10.6. The van der Waals surface area contributed by atoms with Crippen LogP contribution in [0.5, 0.6) is 0 Å². The molecule has 1 heterocycles. The van der Waals surface area contributed by atoms with E-state index in [-0.39, 0.29) is 23.8 Å². The zero-order valence-electron chi connectivity index (χ0n) is 17.1. The number of nitrogens with one attached hydrogen (secondary N) is 3. The van der Waals surface area contributed by atoms with Gasteiger partial charge in [-0.1, -0.05) is 29.8 Å². The number of thiophene rings is 1. The van der Waals surface area contributed by atoms with E-state index in [0.717, 1.165) is 5.56 Å². The maximum atomic E-state index is 12.7. The van der Waals surface area contributed by atoms with E-state index in [1.54, 1.807) is 48.5 Å². The molecule has 31 heavy (non-hydrogen) atoms. The molecule has 0 radical (unpaired) electrons. The van der Waals surface area contributed by atoms with Crippen molar-refractivity contribution in [2.45, 2.75) is 26.4 Å². The Morgan fingerprint density at radius 2 is 1.71 bits per heavy atom. The van der Waals surface area contributed by atoms with Gasteiger partial charge in [-0.15, -0.1) is 11.3 Å². The van der Waals surface area contributed by atoms with Crippen LogP contribution in [0, 0.1) is 0 Å². The SMILES string of the molecule is CC(C)NC(=O)c1ccc(Cl)cc1NC(=O)c1ccc(CNC(=O)c2cccs2)cc1. The van der Waals surface area contributed by atoms with E-state index >= 15 is 0 Å². The molecule has 0 aliphatic heterocycles. The molecule has 3 amide bonds. The molecule has 0 unspecified atom stereocenters. The Morgan fingerprint density at radius 3 is 2.35 bits per heavy atom. The summed E-state index contributed by atoms with van der Waals surface area (Å²) in [5.41, 5.74) is 1.95. The Balaban J connectivity index is 1.66. The monoisotopic (exact) mass is 455 g/mol. The van der Waals surface area contributed by atoms with E-state index in [1.807, 2.05) is 25.3 Å². The van der Waals surface area contributed by atoms with E-state index in [9.17, 15) is 14.4 Å². The Kier molecular flexibility index (Phi) is 7.44. The Bertz CT molecular complexity index is 1080. The highest BCUT2D eigenvalue weighted by Crippen LogP contribution is 2.22. The van der Waals surface area contributed by atoms with E-state index in [2.05, 4.69) is 16.0 Å². The molecule has 2 aromatic carbocycles. The molecule has 0 fully saturated rings. The van der Waals surface area contributed by atoms with Crippen molar-refractivity contribution in [3.05, 3.63) is 86.6 Å². The van der Waals surface area contributed by atoms with Gasteiger partial charge in [-0.05, 0) is 61.2 Å². The van der Waals surface area contributed by atoms with Crippen LogP contribution in [-0.4, -0.2) is 23.8 Å². The van der Waals surface area contributed by atoms with Gasteiger partial charge >= 0.3 is 0 Å². The average molecular weight is 456 g/mol. The van der Waals surface area contributed by atoms with E-state index < -0.39 is 0 Å². The highest BCUT2D eigenvalue weighted by atomic mass is 35.5. The Labute approximate surface area is 189 Å². The molecule has 3 aromatic rings. The standard InChI is InChI=1S/C23H22ClN3O3S/c1-14(2)26-22(29)18-10-9-17(24)12-19(18)27-21(28)16-7-5-15(6-8-16)13-25-23(30)20-4-3-11-31-20/h3-12,14H,13H2,1-2H3,(H,25,30)(H,26,29)(H,27,28). The number of hydrogen-bond donors (Lipinski definition) is 3. The number of amides is 3. The van der Waals surface area contributed by atoms with Gasteiger partial charge in [-0.25, -0.2) is 0 Å². The maximum Gasteiger partial charge on any atom is 0.261 e. The third-order valence-electron chi connectivity index (χ3n) is 4.31. The zero-order chi connectivity index (χ0) is 22.4. The molecular formula is C23H22ClN3O3S. The van der Waals surface area contributed by atoms with E-state index in [0.29, 0.717) is 33.3 Å². The summed E-state index contributed by atoms with van der Waals surface area (Å²) in [5.74, 6) is -0.793. The average Bonchev–Trinajstić information content (AvgIpc) is 3.27. The summed E-state index contributed by atoms with van der Waals surface area (Å²) in [4.78, 5) is 37.8. The summed E-state index contributed by atoms with van der Waals surface area (Å²) < 4.78 is 0. The minimum atomic E-state index is -0.366. The summed E-state index contributed by atoms with van der Waals surface area (Å²) in [6.45, 7) is 4.07. The van der Waals surface area contributed by atoms with Crippen LogP contribution < -0.4 is 16.0 Å². The maximum absolute atomic E-state index is 12.7. The molecule has 0 aliphatic rings. The molecule has 1 aromatic heterocycles. The topological polar surface area (TPSA) is 87.3 Å². The molecule has 3 N–H and O–H groups in total. The lowest BCUT2D eigenvalue weighted by molar-refractivity contribution is 0.0939. The lowest BCUT2D eigenvalue weighted by atomic mass is 10.1. The third-order valence-corrected chi connectivity index (χ3v) is 5.41. The lowest BCUT2D eigenvalue weighted by Gasteiger charge is -2.14. The Morgan fingerprint density at radius 1 is 0.968 bits per heavy atom. The number of benzene rings is 2. The molecule has 8 heteroatoms. The largest absolute Gasteiger partial charge is 0.350 e. The summed E-state index contributed by atoms with van der Waals surface area (Å²) >= 11 is 7.44. The van der Waals surface area contributed by atoms with Gasteiger partial charge in [0.2, 0.25) is 0 Å². The van der Waals surface area contributed by atoms with Gasteiger partial charge in [-0.2, -0.15) is 0 Å². The number of halogens is 1. The number of carbonyl (C=O) groups excluding carboxylic acids is 3. The van der Waals surface area contributed by atoms with Crippen LogP contribution >= 0.6 is 22.9 Å². The molecule has 0 aliphatic carbocycles. The summed E-state index contributed by atoms with van der Waals surface area (Å²) in [7, 11) is 0. The van der Waals surface area contributed by atoms with Crippen LogP contribution in [0.25, 0.3) is 0 Å². The van der Waals surface area contributed by atoms with Gasteiger partial charge in [0.15, 0.2) is 0 Å². The zero-order valence-corrected chi connectivity index (χ0v) is 18.6. The molecular weight excluding hydrogens is 434 g/mol. The first kappa shape index (κ1) is 22.5. The van der Waals surface area contributed by atoms with Crippen LogP contribution in [0.1, 0.15) is 49.8 Å². The fourth-order valence-electron chi connectivity index (χ4n) is 2.80. The first-order chi connectivity index (χ1) is 14.8. The van der Waals surface area contributed by atoms with Crippen LogP contribution in [0.3, 0.4) is 0 Å². The van der Waals surface area contributed by atoms with E-state index in [4.69, 9.17) is 11.6 Å². The first-order valence-corrected chi connectivity index (χ1v) is 10.9. The summed E-state index contributed by atoms with van der Waals surface area (Å²) in [6.07, 6.45) is 0. The van der Waals surface area contributed by atoms with Crippen LogP contribution in [0.2, 0.25) is 5.02 Å². The van der Waals surface area contributed by atoms with Gasteiger partial charge < -0.3 is 16.0 Å². The minimum Gasteiger partial charge on any atom is -0.350 e. The fourth-order valence-corrected chi connectivity index (χ4v) is 3.62. The third kappa shape index (κ3) is 6.16. The minimum absolute atomic E-state index is 0.0421. The molecule has 3 rings (SSSR count). The molecule has 6 nitrogen and oxygen atoms in total. The van der Waals surface area contributed by atoms with Gasteiger partial charge in [0.05, 0.1) is 16.1 Å². The van der Waals surface area contributed by atoms with Gasteiger partial charge in [0.25, 0.3) is 17.7 Å². The van der Waals surface area contributed by atoms with Crippen molar-refractivity contribution in [2.24, 2.45) is 0 Å². The summed E-state index contributed by atoms with van der Waals surface area (Å²) in [6, 6.07) is 15.1. The second kappa shape index (κ2) is 10.2. The van der Waals surface area contributed by atoms with Crippen molar-refractivity contribution >= 4 is 46.3 Å². The quantitative estimate of drug-likeness (QED) is 0.481. The lowest BCUT2D eigenvalue weighted by Crippen LogP contribution is -2.31. The van der Waals surface area contributed by atoms with Gasteiger partial charge in [0.1, 0.15) is 0 Å². The molecule has 0 saturated heterocycles. The Hall–Kier alpha value is -3.16. The molecule has 0 bridgehead atoms. The highest BCUT2D eigenvalue weighted by molar-refractivity contribution is 7.12. The van der Waals surface area contributed by atoms with Crippen molar-refractivity contribution in [1.82, 2.24) is 10.6 Å². The number of anilines is 1. The molecule has 0 saturated carbocycles. The predicted octanol–water partition coefficient (Wildman–Crippen LogP) is 4.72. The fraction of sp³-hybridized carbons (Fsp3) is 0.174.